The second kappa shape index (κ2) is 8.54. The summed E-state index contributed by atoms with van der Waals surface area (Å²) in [6.45, 7) is 15.1. The molecule has 27 heavy (non-hydrogen) atoms. The maximum Gasteiger partial charge on any atom is 0.410 e. The van der Waals surface area contributed by atoms with E-state index < -0.39 is 26.6 Å². The highest BCUT2D eigenvalue weighted by Crippen LogP contribution is 2.40. The van der Waals surface area contributed by atoms with Gasteiger partial charge in [-0.15, -0.1) is 0 Å². The molecule has 0 aromatic carbocycles. The molecule has 1 N–H and O–H groups in total. The largest absolute Gasteiger partial charge is 0.445 e. The molecule has 1 saturated heterocycles. The molecular weight excluding hydrogens is 360 g/mol. The Morgan fingerprint density at radius 3 is 2.63 bits per heavy atom. The third-order valence-corrected chi connectivity index (χ3v) is 10.1. The molecule has 0 bridgehead atoms. The van der Waals surface area contributed by atoms with Crippen molar-refractivity contribution in [2.45, 2.75) is 63.6 Å². The summed E-state index contributed by atoms with van der Waals surface area (Å²) in [5, 5.41) is 11.0. The molecule has 0 spiro atoms. The van der Waals surface area contributed by atoms with Crippen molar-refractivity contribution in [1.29, 1.82) is 0 Å². The smallest absolute Gasteiger partial charge is 0.410 e. The first kappa shape index (κ1) is 21.6. The van der Waals surface area contributed by atoms with E-state index >= 15 is 0 Å². The van der Waals surface area contributed by atoms with Gasteiger partial charge in [0.1, 0.15) is 6.61 Å². The van der Waals surface area contributed by atoms with Gasteiger partial charge in [0.25, 0.3) is 0 Å². The molecule has 0 unspecified atom stereocenters. The van der Waals surface area contributed by atoms with Crippen molar-refractivity contribution in [2.75, 3.05) is 13.2 Å². The number of ether oxygens (including phenoxy) is 1. The Morgan fingerprint density at radius 1 is 1.44 bits per heavy atom. The van der Waals surface area contributed by atoms with Gasteiger partial charge >= 0.3 is 6.09 Å². The third-order valence-electron chi connectivity index (χ3n) is 5.54. The maximum absolute atomic E-state index is 12.5. The van der Waals surface area contributed by atoms with Gasteiger partial charge in [-0.25, -0.2) is 4.79 Å². The van der Waals surface area contributed by atoms with Gasteiger partial charge in [-0.3, -0.25) is 9.88 Å². The zero-order valence-electron chi connectivity index (χ0n) is 17.0. The van der Waals surface area contributed by atoms with Crippen LogP contribution in [0.2, 0.25) is 18.1 Å². The molecule has 1 aromatic rings. The number of rotatable bonds is 6. The first-order chi connectivity index (χ1) is 12.6. The van der Waals surface area contributed by atoms with Crippen LogP contribution in [0, 0.1) is 0 Å². The second-order valence-electron chi connectivity index (χ2n) is 8.55. The van der Waals surface area contributed by atoms with Gasteiger partial charge in [0.2, 0.25) is 0 Å². The van der Waals surface area contributed by atoms with Crippen LogP contribution in [0.15, 0.2) is 37.2 Å². The molecule has 1 aliphatic heterocycles. The number of carbonyl (C=O) groups is 1. The summed E-state index contributed by atoms with van der Waals surface area (Å²) < 4.78 is 11.7. The number of aliphatic hydroxyl groups excluding tert-OH is 1. The van der Waals surface area contributed by atoms with Crippen molar-refractivity contribution in [3.05, 3.63) is 42.7 Å². The fourth-order valence-electron chi connectivity index (χ4n) is 3.01. The quantitative estimate of drug-likeness (QED) is 0.587. The third kappa shape index (κ3) is 5.18. The summed E-state index contributed by atoms with van der Waals surface area (Å²) in [7, 11) is -1.99. The van der Waals surface area contributed by atoms with Crippen LogP contribution in [0.25, 0.3) is 0 Å². The lowest BCUT2D eigenvalue weighted by atomic mass is 10.0. The standard InChI is InChI=1S/C20H32N2O4Si/c1-7-12-25-19(24)22-14-16(26-27(5,6)20(2,3)4)13-17(22)18(23)15-8-10-21-11-9-15/h7-11,16-18,23H,1,12-14H2,2-6H3/t16-,17+,18+/m1/s1. The highest BCUT2D eigenvalue weighted by molar-refractivity contribution is 6.74. The van der Waals surface area contributed by atoms with Crippen LogP contribution in [0.5, 0.6) is 0 Å². The van der Waals surface area contributed by atoms with E-state index in [0.29, 0.717) is 13.0 Å². The van der Waals surface area contributed by atoms with E-state index in [0.717, 1.165) is 5.56 Å². The van der Waals surface area contributed by atoms with E-state index in [-0.39, 0.29) is 17.7 Å². The van der Waals surface area contributed by atoms with Crippen LogP contribution in [0.4, 0.5) is 4.79 Å². The number of likely N-dealkylation sites (tertiary alicyclic amines) is 1. The molecular formula is C20H32N2O4Si. The molecule has 1 fully saturated rings. The number of nitrogens with zero attached hydrogens (tertiary/aromatic N) is 2. The van der Waals surface area contributed by atoms with Gasteiger partial charge in [0.15, 0.2) is 8.32 Å². The van der Waals surface area contributed by atoms with E-state index in [1.165, 1.54) is 6.08 Å². The molecule has 0 aliphatic carbocycles. The van der Waals surface area contributed by atoms with Crippen LogP contribution >= 0.6 is 0 Å². The number of hydrogen-bond donors (Lipinski definition) is 1. The highest BCUT2D eigenvalue weighted by Gasteiger charge is 2.46. The van der Waals surface area contributed by atoms with Gasteiger partial charge in [0, 0.05) is 18.9 Å². The number of aromatic nitrogens is 1. The molecule has 1 amide bonds. The Morgan fingerprint density at radius 2 is 2.07 bits per heavy atom. The Labute approximate surface area is 163 Å². The van der Waals surface area contributed by atoms with Gasteiger partial charge in [-0.1, -0.05) is 33.4 Å². The molecule has 0 saturated carbocycles. The SMILES string of the molecule is C=CCOC(=O)N1C[C@H](O[Si](C)(C)C(C)(C)C)C[C@H]1[C@@H](O)c1ccncc1. The van der Waals surface area contributed by atoms with Crippen molar-refractivity contribution in [1.82, 2.24) is 9.88 Å². The lowest BCUT2D eigenvalue weighted by Crippen LogP contribution is -2.45. The first-order valence-corrected chi connectivity index (χ1v) is 12.3. The summed E-state index contributed by atoms with van der Waals surface area (Å²) in [4.78, 5) is 18.1. The van der Waals surface area contributed by atoms with Crippen molar-refractivity contribution in [3.8, 4) is 0 Å². The molecule has 2 heterocycles. The minimum Gasteiger partial charge on any atom is -0.445 e. The number of hydrogen-bond acceptors (Lipinski definition) is 5. The summed E-state index contributed by atoms with van der Waals surface area (Å²) in [5.74, 6) is 0. The fraction of sp³-hybridized carbons (Fsp3) is 0.600. The van der Waals surface area contributed by atoms with Crippen LogP contribution < -0.4 is 0 Å². The molecule has 6 nitrogen and oxygen atoms in total. The molecule has 1 aliphatic rings. The summed E-state index contributed by atoms with van der Waals surface area (Å²) in [5.41, 5.74) is 0.726. The summed E-state index contributed by atoms with van der Waals surface area (Å²) in [6, 6.07) is 3.12. The van der Waals surface area contributed by atoms with Crippen LogP contribution in [-0.4, -0.2) is 54.7 Å². The van der Waals surface area contributed by atoms with Gasteiger partial charge in [0.05, 0.1) is 18.2 Å². The number of amides is 1. The highest BCUT2D eigenvalue weighted by atomic mass is 28.4. The normalized spacial score (nSPS) is 21.8. The number of pyridine rings is 1. The lowest BCUT2D eigenvalue weighted by molar-refractivity contribution is 0.0550. The van der Waals surface area contributed by atoms with Gasteiger partial charge in [-0.2, -0.15) is 0 Å². The Kier molecular flexibility index (Phi) is 6.83. The molecule has 0 radical (unpaired) electrons. The summed E-state index contributed by atoms with van der Waals surface area (Å²) in [6.07, 6.45) is 3.98. The topological polar surface area (TPSA) is 71.9 Å². The van der Waals surface area contributed by atoms with Crippen molar-refractivity contribution >= 4 is 14.4 Å². The second-order valence-corrected chi connectivity index (χ2v) is 13.3. The zero-order chi connectivity index (χ0) is 20.2. The van der Waals surface area contributed by atoms with E-state index in [1.54, 1.807) is 29.4 Å². The Balaban J connectivity index is 2.20. The minimum absolute atomic E-state index is 0.0724. The fourth-order valence-corrected chi connectivity index (χ4v) is 4.37. The van der Waals surface area contributed by atoms with E-state index in [9.17, 15) is 9.90 Å². The monoisotopic (exact) mass is 392 g/mol. The molecule has 2 rings (SSSR count). The average Bonchev–Trinajstić information content (AvgIpc) is 3.02. The van der Waals surface area contributed by atoms with Crippen LogP contribution in [-0.2, 0) is 9.16 Å². The molecule has 150 valence electrons. The van der Waals surface area contributed by atoms with E-state index in [4.69, 9.17) is 9.16 Å². The number of carbonyl (C=O) groups excluding carboxylic acids is 1. The van der Waals surface area contributed by atoms with Crippen molar-refractivity contribution in [2.24, 2.45) is 0 Å². The predicted octanol–water partition coefficient (Wildman–Crippen LogP) is 3.90. The molecule has 7 heteroatoms. The summed E-state index contributed by atoms with van der Waals surface area (Å²) >= 11 is 0. The maximum atomic E-state index is 12.5. The predicted molar refractivity (Wildman–Crippen MR) is 108 cm³/mol. The van der Waals surface area contributed by atoms with Crippen molar-refractivity contribution < 1.29 is 19.1 Å². The van der Waals surface area contributed by atoms with Gasteiger partial charge in [-0.05, 0) is 42.2 Å². The van der Waals surface area contributed by atoms with Crippen molar-refractivity contribution in [3.63, 3.8) is 0 Å². The van der Waals surface area contributed by atoms with E-state index in [2.05, 4.69) is 45.4 Å². The van der Waals surface area contributed by atoms with E-state index in [1.807, 2.05) is 0 Å². The van der Waals surface area contributed by atoms with Gasteiger partial charge < -0.3 is 14.3 Å². The molecule has 1 aromatic heterocycles. The minimum atomic E-state index is -1.99. The van der Waals surface area contributed by atoms with Crippen LogP contribution in [0.1, 0.15) is 38.9 Å². The average molecular weight is 393 g/mol. The first-order valence-electron chi connectivity index (χ1n) is 9.37. The Bertz CT molecular complexity index is 645. The molecule has 3 atom stereocenters. The lowest BCUT2D eigenvalue weighted by Gasteiger charge is -2.38. The zero-order valence-corrected chi connectivity index (χ0v) is 18.0. The Hall–Kier alpha value is -1.70. The van der Waals surface area contributed by atoms with Crippen LogP contribution in [0.3, 0.4) is 0 Å². The number of aliphatic hydroxyl groups is 1.